The van der Waals surface area contributed by atoms with Gasteiger partial charge in [0.1, 0.15) is 6.10 Å². The van der Waals surface area contributed by atoms with Crippen molar-refractivity contribution in [2.24, 2.45) is 0 Å². The van der Waals surface area contributed by atoms with Gasteiger partial charge in [-0.05, 0) is 25.5 Å². The first-order valence-corrected chi connectivity index (χ1v) is 5.71. The Kier molecular flexibility index (Phi) is 3.03. The Labute approximate surface area is 106 Å². The van der Waals surface area contributed by atoms with Crippen LogP contribution in [0.2, 0.25) is 0 Å². The number of hydrogen-bond acceptors (Lipinski definition) is 4. The van der Waals surface area contributed by atoms with Crippen molar-refractivity contribution in [2.45, 2.75) is 26.4 Å². The van der Waals surface area contributed by atoms with Gasteiger partial charge in [-0.3, -0.25) is 4.79 Å². The minimum absolute atomic E-state index is 0.129. The van der Waals surface area contributed by atoms with Crippen LogP contribution in [0.1, 0.15) is 29.8 Å². The number of methoxy groups -OCH3 is 1. The molecule has 0 radical (unpaired) electrons. The maximum absolute atomic E-state index is 11.5. The molecule has 18 heavy (non-hydrogen) atoms. The van der Waals surface area contributed by atoms with Crippen LogP contribution in [-0.4, -0.2) is 24.1 Å². The highest BCUT2D eigenvalue weighted by Crippen LogP contribution is 2.46. The lowest BCUT2D eigenvalue weighted by atomic mass is 10.0. The summed E-state index contributed by atoms with van der Waals surface area (Å²) in [6.07, 6.45) is 0.511. The SMILES string of the molecule is C=C(C)C1Cc2cc(C(C)=O)c(O)c(OC)c2O1. The average molecular weight is 248 g/mol. The molecule has 0 fully saturated rings. The second-order valence-electron chi connectivity index (χ2n) is 4.51. The number of rotatable bonds is 3. The standard InChI is InChI=1S/C14H16O4/c1-7(2)11-6-9-5-10(8(3)15)12(16)14(17-4)13(9)18-11/h5,11,16H,1,6H2,2-4H3. The van der Waals surface area contributed by atoms with Gasteiger partial charge in [-0.2, -0.15) is 0 Å². The minimum Gasteiger partial charge on any atom is -0.504 e. The van der Waals surface area contributed by atoms with Gasteiger partial charge >= 0.3 is 0 Å². The zero-order valence-electron chi connectivity index (χ0n) is 10.7. The molecule has 0 aliphatic carbocycles. The van der Waals surface area contributed by atoms with E-state index in [2.05, 4.69) is 6.58 Å². The summed E-state index contributed by atoms with van der Waals surface area (Å²) in [7, 11) is 1.44. The number of ketones is 1. The molecular weight excluding hydrogens is 232 g/mol. The van der Waals surface area contributed by atoms with Gasteiger partial charge in [0.05, 0.1) is 12.7 Å². The number of carbonyl (C=O) groups is 1. The van der Waals surface area contributed by atoms with Gasteiger partial charge in [0.25, 0.3) is 0 Å². The molecule has 1 aliphatic heterocycles. The number of carbonyl (C=O) groups excluding carboxylic acids is 1. The van der Waals surface area contributed by atoms with Gasteiger partial charge in [-0.1, -0.05) is 6.58 Å². The van der Waals surface area contributed by atoms with E-state index in [1.54, 1.807) is 6.07 Å². The fraction of sp³-hybridized carbons (Fsp3) is 0.357. The molecule has 0 bridgehead atoms. The van der Waals surface area contributed by atoms with E-state index >= 15 is 0 Å². The first kappa shape index (κ1) is 12.5. The molecule has 0 amide bonds. The smallest absolute Gasteiger partial charge is 0.204 e. The average Bonchev–Trinajstić information content (AvgIpc) is 2.71. The topological polar surface area (TPSA) is 55.8 Å². The summed E-state index contributed by atoms with van der Waals surface area (Å²) in [4.78, 5) is 11.5. The summed E-state index contributed by atoms with van der Waals surface area (Å²) in [5.41, 5.74) is 2.02. The number of phenolic OH excluding ortho intramolecular Hbond substituents is 1. The fourth-order valence-electron chi connectivity index (χ4n) is 2.08. The van der Waals surface area contributed by atoms with Crippen LogP contribution in [0.4, 0.5) is 0 Å². The Bertz CT molecular complexity index is 531. The molecule has 0 aromatic heterocycles. The summed E-state index contributed by atoms with van der Waals surface area (Å²) in [6.45, 7) is 7.15. The van der Waals surface area contributed by atoms with Crippen LogP contribution in [-0.2, 0) is 6.42 Å². The second kappa shape index (κ2) is 4.37. The molecule has 1 aromatic rings. The highest BCUT2D eigenvalue weighted by atomic mass is 16.5. The lowest BCUT2D eigenvalue weighted by Crippen LogP contribution is -2.13. The molecule has 1 aromatic carbocycles. The van der Waals surface area contributed by atoms with Crippen LogP contribution < -0.4 is 9.47 Å². The van der Waals surface area contributed by atoms with Crippen LogP contribution in [0, 0.1) is 0 Å². The molecule has 1 atom stereocenters. The van der Waals surface area contributed by atoms with Crippen molar-refractivity contribution < 1.29 is 19.4 Å². The highest BCUT2D eigenvalue weighted by molar-refractivity contribution is 5.98. The molecular formula is C14H16O4. The molecule has 1 heterocycles. The normalized spacial score (nSPS) is 16.9. The van der Waals surface area contributed by atoms with Crippen LogP contribution in [0.3, 0.4) is 0 Å². The van der Waals surface area contributed by atoms with E-state index in [4.69, 9.17) is 9.47 Å². The first-order valence-electron chi connectivity index (χ1n) is 5.71. The van der Waals surface area contributed by atoms with Crippen molar-refractivity contribution in [3.8, 4) is 17.2 Å². The monoisotopic (exact) mass is 248 g/mol. The van der Waals surface area contributed by atoms with Gasteiger partial charge in [0, 0.05) is 12.0 Å². The predicted molar refractivity (Wildman–Crippen MR) is 67.6 cm³/mol. The summed E-state index contributed by atoms with van der Waals surface area (Å²) in [5, 5.41) is 10.00. The summed E-state index contributed by atoms with van der Waals surface area (Å²) >= 11 is 0. The molecule has 0 saturated carbocycles. The van der Waals surface area contributed by atoms with Gasteiger partial charge in [-0.15, -0.1) is 0 Å². The van der Waals surface area contributed by atoms with Crippen LogP contribution in [0.25, 0.3) is 0 Å². The van der Waals surface area contributed by atoms with E-state index in [0.717, 1.165) is 11.1 Å². The summed E-state index contributed by atoms with van der Waals surface area (Å²) in [6, 6.07) is 1.67. The largest absolute Gasteiger partial charge is 0.504 e. The Hall–Kier alpha value is -1.97. The van der Waals surface area contributed by atoms with Gasteiger partial charge in [0.2, 0.25) is 5.75 Å². The number of Topliss-reactive ketones (excluding diaryl/α,β-unsaturated/α-hetero) is 1. The molecule has 0 spiro atoms. The van der Waals surface area contributed by atoms with E-state index in [-0.39, 0.29) is 28.9 Å². The Morgan fingerprint density at radius 2 is 2.22 bits per heavy atom. The third kappa shape index (κ3) is 1.83. The van der Waals surface area contributed by atoms with Crippen molar-refractivity contribution in [3.63, 3.8) is 0 Å². The van der Waals surface area contributed by atoms with Crippen molar-refractivity contribution in [2.75, 3.05) is 7.11 Å². The molecule has 1 N–H and O–H groups in total. The lowest BCUT2D eigenvalue weighted by molar-refractivity contribution is 0.101. The highest BCUT2D eigenvalue weighted by Gasteiger charge is 2.30. The Morgan fingerprint density at radius 3 is 2.72 bits per heavy atom. The third-order valence-corrected chi connectivity index (χ3v) is 3.09. The van der Waals surface area contributed by atoms with Gasteiger partial charge in [0.15, 0.2) is 17.3 Å². The Balaban J connectivity index is 2.56. The molecule has 4 heteroatoms. The van der Waals surface area contributed by atoms with E-state index in [1.165, 1.54) is 14.0 Å². The van der Waals surface area contributed by atoms with Crippen molar-refractivity contribution in [1.82, 2.24) is 0 Å². The zero-order chi connectivity index (χ0) is 13.4. The van der Waals surface area contributed by atoms with E-state index in [9.17, 15) is 9.90 Å². The molecule has 4 nitrogen and oxygen atoms in total. The Morgan fingerprint density at radius 1 is 1.56 bits per heavy atom. The minimum atomic E-state index is -0.202. The van der Waals surface area contributed by atoms with E-state index < -0.39 is 0 Å². The molecule has 0 saturated heterocycles. The van der Waals surface area contributed by atoms with Gasteiger partial charge < -0.3 is 14.6 Å². The molecule has 1 unspecified atom stereocenters. The van der Waals surface area contributed by atoms with Crippen molar-refractivity contribution in [3.05, 3.63) is 29.3 Å². The quantitative estimate of drug-likeness (QED) is 0.659. The molecule has 2 rings (SSSR count). The number of fused-ring (bicyclic) bond motifs is 1. The summed E-state index contributed by atoms with van der Waals surface area (Å²) in [5.74, 6) is 0.368. The first-order chi connectivity index (χ1) is 8.45. The summed E-state index contributed by atoms with van der Waals surface area (Å²) < 4.78 is 10.9. The molecule has 96 valence electrons. The maximum Gasteiger partial charge on any atom is 0.204 e. The molecule has 1 aliphatic rings. The van der Waals surface area contributed by atoms with E-state index in [0.29, 0.717) is 12.2 Å². The number of benzene rings is 1. The number of hydrogen-bond donors (Lipinski definition) is 1. The predicted octanol–water partition coefficient (Wildman–Crippen LogP) is 2.48. The van der Waals surface area contributed by atoms with Crippen LogP contribution in [0.15, 0.2) is 18.2 Å². The fourth-order valence-corrected chi connectivity index (χ4v) is 2.08. The van der Waals surface area contributed by atoms with Crippen LogP contribution >= 0.6 is 0 Å². The van der Waals surface area contributed by atoms with E-state index in [1.807, 2.05) is 6.92 Å². The number of ether oxygens (including phenoxy) is 2. The number of phenols is 1. The van der Waals surface area contributed by atoms with Crippen LogP contribution in [0.5, 0.6) is 17.2 Å². The lowest BCUT2D eigenvalue weighted by Gasteiger charge is -2.13. The second-order valence-corrected chi connectivity index (χ2v) is 4.51. The van der Waals surface area contributed by atoms with Crippen molar-refractivity contribution >= 4 is 5.78 Å². The maximum atomic E-state index is 11.5. The van der Waals surface area contributed by atoms with Gasteiger partial charge in [-0.25, -0.2) is 0 Å². The number of aromatic hydroxyl groups is 1. The third-order valence-electron chi connectivity index (χ3n) is 3.09. The van der Waals surface area contributed by atoms with Crippen molar-refractivity contribution in [1.29, 1.82) is 0 Å². The zero-order valence-corrected chi connectivity index (χ0v) is 10.7.